The molecular weight excluding hydrogens is 553 g/mol. The van der Waals surface area contributed by atoms with Crippen LogP contribution in [-0.4, -0.2) is 29.7 Å². The van der Waals surface area contributed by atoms with Gasteiger partial charge in [-0.15, -0.1) is 0 Å². The van der Waals surface area contributed by atoms with Crippen molar-refractivity contribution < 1.29 is 26.6 Å². The smallest absolute Gasteiger partial charge is 0.410 e. The minimum absolute atomic E-state index is 0.0527. The lowest BCUT2D eigenvalue weighted by molar-refractivity contribution is -0.136. The summed E-state index contributed by atoms with van der Waals surface area (Å²) in [4.78, 5) is 7.28. The molecule has 0 fully saturated rings. The number of azide groups is 1. The third-order valence-electron chi connectivity index (χ3n) is 7.84. The van der Waals surface area contributed by atoms with Crippen LogP contribution in [0.3, 0.4) is 0 Å². The Bertz CT molecular complexity index is 1600. The zero-order valence-electron chi connectivity index (χ0n) is 23.2. The minimum Gasteiger partial charge on any atom is -0.410 e. The molecule has 0 aliphatic heterocycles. The fourth-order valence-electron chi connectivity index (χ4n) is 4.65. The quantitative estimate of drug-likeness (QED) is 0.0969. The van der Waals surface area contributed by atoms with E-state index < -0.39 is 37.8 Å². The molecule has 0 spiro atoms. The van der Waals surface area contributed by atoms with Gasteiger partial charge in [-0.05, 0) is 53.7 Å². The molecule has 0 saturated heterocycles. The number of alkyl halides is 3. The van der Waals surface area contributed by atoms with E-state index in [2.05, 4.69) is 59.2 Å². The van der Waals surface area contributed by atoms with Gasteiger partial charge in [0.05, 0.1) is 12.1 Å². The van der Waals surface area contributed by atoms with E-state index in [-0.39, 0.29) is 28.2 Å². The van der Waals surface area contributed by atoms with Crippen LogP contribution in [0.25, 0.3) is 44.7 Å². The molecule has 0 radical (unpaired) electrons. The zero-order chi connectivity index (χ0) is 29.6. The summed E-state index contributed by atoms with van der Waals surface area (Å²) in [7, 11) is -2.22. The van der Waals surface area contributed by atoms with E-state index in [0.29, 0.717) is 18.4 Å². The Hall–Kier alpha value is -3.93. The minimum atomic E-state index is -4.78. The van der Waals surface area contributed by atoms with Crippen LogP contribution in [0.4, 0.5) is 13.2 Å². The predicted molar refractivity (Wildman–Crippen MR) is 148 cm³/mol. The van der Waals surface area contributed by atoms with Crippen molar-refractivity contribution in [1.82, 2.24) is 15.3 Å². The second-order valence-corrected chi connectivity index (χ2v) is 16.3. The highest BCUT2D eigenvalue weighted by molar-refractivity contribution is 6.74. The van der Waals surface area contributed by atoms with Crippen molar-refractivity contribution in [3.8, 4) is 34.3 Å². The average Bonchev–Trinajstić information content (AvgIpc) is 3.57. The first-order chi connectivity index (χ1) is 19.3. The highest BCUT2D eigenvalue weighted by atomic mass is 28.4. The van der Waals surface area contributed by atoms with Gasteiger partial charge in [0.2, 0.25) is 11.6 Å². The van der Waals surface area contributed by atoms with Gasteiger partial charge in [0.1, 0.15) is 11.3 Å². The number of aryl methyl sites for hydroxylation is 1. The topological polar surface area (TPSA) is 123 Å². The Kier molecular flexibility index (Phi) is 7.30. The van der Waals surface area contributed by atoms with Gasteiger partial charge in [-0.1, -0.05) is 78.7 Å². The zero-order valence-corrected chi connectivity index (χ0v) is 24.2. The van der Waals surface area contributed by atoms with E-state index in [1.165, 1.54) is 12.1 Å². The molecule has 4 aromatic rings. The first-order valence-corrected chi connectivity index (χ1v) is 16.0. The highest BCUT2D eigenvalue weighted by Crippen LogP contribution is 2.45. The van der Waals surface area contributed by atoms with Gasteiger partial charge in [0.25, 0.3) is 5.89 Å². The number of halogens is 3. The summed E-state index contributed by atoms with van der Waals surface area (Å²) in [5.74, 6) is -0.969. The van der Waals surface area contributed by atoms with E-state index >= 15 is 0 Å². The maximum atomic E-state index is 14.1. The maximum absolute atomic E-state index is 14.1. The number of benzene rings is 2. The van der Waals surface area contributed by atoms with Crippen LogP contribution in [0.1, 0.15) is 50.0 Å². The molecule has 13 heteroatoms. The maximum Gasteiger partial charge on any atom is 0.422 e. The van der Waals surface area contributed by atoms with Gasteiger partial charge in [-0.3, -0.25) is 0 Å². The Morgan fingerprint density at radius 3 is 2.41 bits per heavy atom. The average molecular weight is 583 g/mol. The van der Waals surface area contributed by atoms with Crippen molar-refractivity contribution in [1.29, 1.82) is 0 Å². The molecule has 0 bridgehead atoms. The van der Waals surface area contributed by atoms with Gasteiger partial charge in [0.15, 0.2) is 8.32 Å². The summed E-state index contributed by atoms with van der Waals surface area (Å²) < 4.78 is 59.4. The second-order valence-electron chi connectivity index (χ2n) is 11.5. The lowest BCUT2D eigenvalue weighted by Crippen LogP contribution is -2.44. The first-order valence-electron chi connectivity index (χ1n) is 13.1. The van der Waals surface area contributed by atoms with Crippen LogP contribution in [0, 0.1) is 0 Å². The third kappa shape index (κ3) is 5.52. The van der Waals surface area contributed by atoms with Crippen molar-refractivity contribution in [2.45, 2.75) is 70.1 Å². The monoisotopic (exact) mass is 582 g/mol. The summed E-state index contributed by atoms with van der Waals surface area (Å²) in [6.07, 6.45) is -3.98. The summed E-state index contributed by atoms with van der Waals surface area (Å²) in [5, 5.41) is 11.6. The number of hydrogen-bond donors (Lipinski definition) is 0. The van der Waals surface area contributed by atoms with Crippen LogP contribution in [0.2, 0.25) is 18.1 Å². The molecule has 0 saturated carbocycles. The fraction of sp³-hybridized carbons (Fsp3) is 0.393. The van der Waals surface area contributed by atoms with Gasteiger partial charge < -0.3 is 13.5 Å². The van der Waals surface area contributed by atoms with Crippen LogP contribution in [0.15, 0.2) is 62.7 Å². The number of hydrogen-bond acceptors (Lipinski definition) is 7. The molecule has 1 aliphatic carbocycles. The van der Waals surface area contributed by atoms with Gasteiger partial charge in [0, 0.05) is 16.0 Å². The van der Waals surface area contributed by atoms with Crippen molar-refractivity contribution in [3.05, 3.63) is 75.7 Å². The van der Waals surface area contributed by atoms with E-state index in [9.17, 15) is 18.7 Å². The molecule has 2 aromatic carbocycles. The Morgan fingerprint density at radius 1 is 1.02 bits per heavy atom. The normalized spacial score (nSPS) is 17.7. The van der Waals surface area contributed by atoms with Gasteiger partial charge in [-0.25, -0.2) is 0 Å². The molecule has 214 valence electrons. The van der Waals surface area contributed by atoms with E-state index in [0.717, 1.165) is 11.1 Å². The number of aromatic nitrogens is 3. The summed E-state index contributed by atoms with van der Waals surface area (Å²) in [5.41, 5.74) is 10.4. The molecular formula is C28H29F3N6O3Si. The summed E-state index contributed by atoms with van der Waals surface area (Å²) in [6.45, 7) is 10.7. The molecule has 41 heavy (non-hydrogen) atoms. The Balaban J connectivity index is 1.50. The van der Waals surface area contributed by atoms with E-state index in [1.807, 2.05) is 12.1 Å². The van der Waals surface area contributed by atoms with Crippen LogP contribution < -0.4 is 0 Å². The molecule has 0 unspecified atom stereocenters. The fourth-order valence-corrected chi connectivity index (χ4v) is 5.92. The number of fused-ring (bicyclic) bond motifs is 1. The summed E-state index contributed by atoms with van der Waals surface area (Å²) >= 11 is 0. The Morgan fingerprint density at radius 2 is 1.76 bits per heavy atom. The molecule has 1 aliphatic rings. The first kappa shape index (κ1) is 28.6. The molecule has 2 aromatic heterocycles. The van der Waals surface area contributed by atoms with Crippen LogP contribution in [-0.2, 0) is 17.0 Å². The summed E-state index contributed by atoms with van der Waals surface area (Å²) in [6, 6.07) is 13.1. The molecule has 2 atom stereocenters. The van der Waals surface area contributed by atoms with Crippen molar-refractivity contribution >= 4 is 8.32 Å². The lowest BCUT2D eigenvalue weighted by atomic mass is 9.85. The predicted octanol–water partition coefficient (Wildman–Crippen LogP) is 8.77. The number of rotatable bonds is 6. The van der Waals surface area contributed by atoms with Crippen molar-refractivity contribution in [2.24, 2.45) is 5.11 Å². The molecule has 0 amide bonds. The molecule has 0 N–H and O–H groups in total. The molecule has 5 rings (SSSR count). The van der Waals surface area contributed by atoms with Gasteiger partial charge in [-0.2, -0.15) is 18.2 Å². The standard InChI is InChI=1S/C28H29F3N6O3Si/c1-27(2,3)41(4,5)40-23-19-13-11-18(15-17(19)12-14-20(23)34-37-32)25-33-26(39-36-25)24-21(28(29,30)31)22(35-38-24)16-9-7-6-8-10-16/h6-11,13,15,20,23H,12,14H2,1-5H3/t20-,23-/m0/s1. The third-order valence-corrected chi connectivity index (χ3v) is 12.3. The van der Waals surface area contributed by atoms with Crippen LogP contribution >= 0.6 is 0 Å². The molecule has 9 nitrogen and oxygen atoms in total. The largest absolute Gasteiger partial charge is 0.422 e. The van der Waals surface area contributed by atoms with Crippen molar-refractivity contribution in [2.75, 3.05) is 0 Å². The number of nitrogens with zero attached hydrogens (tertiary/aromatic N) is 6. The lowest BCUT2D eigenvalue weighted by Gasteiger charge is -2.42. The highest BCUT2D eigenvalue weighted by Gasteiger charge is 2.44. The van der Waals surface area contributed by atoms with E-state index in [4.69, 9.17) is 13.5 Å². The second kappa shape index (κ2) is 10.5. The SMILES string of the molecule is CC(C)(C)[Si](C)(C)O[C@H]1c2ccc(-c3noc(-c4onc(-c5ccccc5)c4C(F)(F)F)n3)cc2CC[C@@H]1N=[N+]=[N-]. The van der Waals surface area contributed by atoms with Crippen LogP contribution in [0.5, 0.6) is 0 Å². The van der Waals surface area contributed by atoms with E-state index in [1.54, 1.807) is 24.3 Å². The van der Waals surface area contributed by atoms with Gasteiger partial charge >= 0.3 is 6.18 Å². The molecule has 2 heterocycles. The Labute approximate surface area is 235 Å². The van der Waals surface area contributed by atoms with Crippen molar-refractivity contribution in [3.63, 3.8) is 0 Å².